The van der Waals surface area contributed by atoms with Crippen molar-refractivity contribution in [2.75, 3.05) is 25.1 Å². The zero-order valence-corrected chi connectivity index (χ0v) is 13.0. The molecule has 1 rings (SSSR count). The molecule has 0 amide bonds. The van der Waals surface area contributed by atoms with E-state index in [0.717, 1.165) is 24.7 Å². The third-order valence-electron chi connectivity index (χ3n) is 2.19. The molecule has 0 N–H and O–H groups in total. The molecule has 19 heavy (non-hydrogen) atoms. The molecule has 1 aromatic heterocycles. The quantitative estimate of drug-likeness (QED) is 0.831. The van der Waals surface area contributed by atoms with E-state index in [-0.39, 0.29) is 11.8 Å². The van der Waals surface area contributed by atoms with Gasteiger partial charge >= 0.3 is 6.15 Å². The molecule has 0 aliphatic rings. The summed E-state index contributed by atoms with van der Waals surface area (Å²) in [6, 6.07) is 0. The minimum atomic E-state index is -0.0572. The SMILES string of the molecule is CCc1csc(N(C)CCOC(C)(C)C)n1.O=C=O. The van der Waals surface area contributed by atoms with Crippen LogP contribution in [0.1, 0.15) is 33.4 Å². The molecule has 0 spiro atoms. The molecule has 1 aromatic rings. The van der Waals surface area contributed by atoms with Crippen molar-refractivity contribution in [3.05, 3.63) is 11.1 Å². The first-order chi connectivity index (χ1) is 8.84. The molecule has 0 unspecified atom stereocenters. The molecule has 5 nitrogen and oxygen atoms in total. The fourth-order valence-corrected chi connectivity index (χ4v) is 2.12. The van der Waals surface area contributed by atoms with Crippen LogP contribution in [-0.2, 0) is 20.7 Å². The Morgan fingerprint density at radius 1 is 1.42 bits per heavy atom. The molecule has 0 saturated carbocycles. The Bertz CT molecular complexity index is 393. The van der Waals surface area contributed by atoms with Gasteiger partial charge in [0, 0.05) is 19.0 Å². The number of carbonyl (C=O) groups excluding carboxylic acids is 2. The summed E-state index contributed by atoms with van der Waals surface area (Å²) < 4.78 is 5.69. The summed E-state index contributed by atoms with van der Waals surface area (Å²) in [7, 11) is 2.06. The van der Waals surface area contributed by atoms with Crippen molar-refractivity contribution in [3.63, 3.8) is 0 Å². The lowest BCUT2D eigenvalue weighted by Crippen LogP contribution is -2.28. The largest absolute Gasteiger partial charge is 0.374 e. The number of likely N-dealkylation sites (N-methyl/N-ethyl adjacent to an activating group) is 1. The third kappa shape index (κ3) is 8.48. The van der Waals surface area contributed by atoms with Crippen molar-refractivity contribution >= 4 is 22.6 Å². The number of aromatic nitrogens is 1. The van der Waals surface area contributed by atoms with Crippen LogP contribution in [0.5, 0.6) is 0 Å². The molecule has 108 valence electrons. The second-order valence-corrected chi connectivity index (χ2v) is 5.78. The van der Waals surface area contributed by atoms with Crippen molar-refractivity contribution in [1.29, 1.82) is 0 Å². The lowest BCUT2D eigenvalue weighted by molar-refractivity contribution is -0.191. The van der Waals surface area contributed by atoms with Gasteiger partial charge in [-0.05, 0) is 27.2 Å². The van der Waals surface area contributed by atoms with Gasteiger partial charge in [0.2, 0.25) is 0 Å². The molecule has 0 radical (unpaired) electrons. The fraction of sp³-hybridized carbons (Fsp3) is 0.692. The molecule has 0 bridgehead atoms. The maximum atomic E-state index is 8.12. The normalized spacial score (nSPS) is 10.4. The van der Waals surface area contributed by atoms with Gasteiger partial charge in [0.1, 0.15) is 0 Å². The van der Waals surface area contributed by atoms with Crippen LogP contribution in [0, 0.1) is 0 Å². The van der Waals surface area contributed by atoms with E-state index in [9.17, 15) is 0 Å². The first kappa shape index (κ1) is 17.8. The van der Waals surface area contributed by atoms with Gasteiger partial charge in [-0.1, -0.05) is 6.92 Å². The van der Waals surface area contributed by atoms with Crippen molar-refractivity contribution in [3.8, 4) is 0 Å². The van der Waals surface area contributed by atoms with Gasteiger partial charge in [-0.2, -0.15) is 9.59 Å². The van der Waals surface area contributed by atoms with Gasteiger partial charge in [-0.15, -0.1) is 11.3 Å². The summed E-state index contributed by atoms with van der Waals surface area (Å²) in [4.78, 5) is 22.9. The molecule has 0 saturated heterocycles. The molecule has 0 aromatic carbocycles. The molecule has 6 heteroatoms. The van der Waals surface area contributed by atoms with E-state index in [2.05, 4.69) is 50.0 Å². The Balaban J connectivity index is 0.000000982. The standard InChI is InChI=1S/C12H22N2OS.CO2/c1-6-10-9-16-11(13-10)14(5)7-8-15-12(2,3)4;2-1-3/h9H,6-8H2,1-5H3;. The summed E-state index contributed by atoms with van der Waals surface area (Å²) in [6.07, 6.45) is 1.25. The predicted octanol–water partition coefficient (Wildman–Crippen LogP) is 2.37. The highest BCUT2D eigenvalue weighted by Gasteiger charge is 2.11. The van der Waals surface area contributed by atoms with Gasteiger partial charge in [0.25, 0.3) is 0 Å². The van der Waals surface area contributed by atoms with E-state index in [1.54, 1.807) is 11.3 Å². The van der Waals surface area contributed by atoms with Gasteiger partial charge < -0.3 is 9.64 Å². The Morgan fingerprint density at radius 2 is 2.00 bits per heavy atom. The smallest absolute Gasteiger partial charge is 0.373 e. The van der Waals surface area contributed by atoms with Gasteiger partial charge in [-0.25, -0.2) is 4.98 Å². The van der Waals surface area contributed by atoms with Crippen molar-refractivity contribution < 1.29 is 14.3 Å². The lowest BCUT2D eigenvalue weighted by Gasteiger charge is -2.22. The number of thiazole rings is 1. The van der Waals surface area contributed by atoms with Gasteiger partial charge in [0.05, 0.1) is 17.9 Å². The number of anilines is 1. The topological polar surface area (TPSA) is 59.5 Å². The number of nitrogens with zero attached hydrogens (tertiary/aromatic N) is 2. The van der Waals surface area contributed by atoms with Crippen LogP contribution in [0.15, 0.2) is 5.38 Å². The highest BCUT2D eigenvalue weighted by atomic mass is 32.1. The maximum absolute atomic E-state index is 8.12. The van der Waals surface area contributed by atoms with Gasteiger partial charge in [0.15, 0.2) is 5.13 Å². The zero-order valence-electron chi connectivity index (χ0n) is 12.2. The Hall–Kier alpha value is -1.23. The number of aryl methyl sites for hydroxylation is 1. The lowest BCUT2D eigenvalue weighted by atomic mass is 10.2. The molecular weight excluding hydrogens is 264 g/mol. The maximum Gasteiger partial charge on any atom is 0.373 e. The predicted molar refractivity (Wildman–Crippen MR) is 75.5 cm³/mol. The van der Waals surface area contributed by atoms with E-state index in [4.69, 9.17) is 14.3 Å². The van der Waals surface area contributed by atoms with Crippen LogP contribution < -0.4 is 4.90 Å². The molecule has 0 aliphatic heterocycles. The van der Waals surface area contributed by atoms with E-state index in [1.807, 2.05) is 0 Å². The third-order valence-corrected chi connectivity index (χ3v) is 3.19. The van der Waals surface area contributed by atoms with Crippen LogP contribution in [0.2, 0.25) is 0 Å². The van der Waals surface area contributed by atoms with Crippen LogP contribution in [0.25, 0.3) is 0 Å². The molecule has 0 fully saturated rings. The van der Waals surface area contributed by atoms with Crippen LogP contribution >= 0.6 is 11.3 Å². The van der Waals surface area contributed by atoms with Crippen LogP contribution in [0.4, 0.5) is 5.13 Å². The van der Waals surface area contributed by atoms with Crippen LogP contribution in [-0.4, -0.2) is 36.9 Å². The van der Waals surface area contributed by atoms with Crippen LogP contribution in [0.3, 0.4) is 0 Å². The second-order valence-electron chi connectivity index (χ2n) is 4.94. The molecule has 1 heterocycles. The summed E-state index contributed by atoms with van der Waals surface area (Å²) >= 11 is 1.70. The highest BCUT2D eigenvalue weighted by Crippen LogP contribution is 2.19. The number of hydrogen-bond donors (Lipinski definition) is 0. The number of ether oxygens (including phenoxy) is 1. The Morgan fingerprint density at radius 3 is 2.42 bits per heavy atom. The molecular formula is C13H22N2O3S. The number of rotatable bonds is 5. The van der Waals surface area contributed by atoms with E-state index in [0.29, 0.717) is 0 Å². The van der Waals surface area contributed by atoms with E-state index in [1.165, 1.54) is 5.69 Å². The average molecular weight is 286 g/mol. The van der Waals surface area contributed by atoms with Crippen molar-refractivity contribution in [2.24, 2.45) is 0 Å². The molecule has 0 atom stereocenters. The fourth-order valence-electron chi connectivity index (χ4n) is 1.22. The average Bonchev–Trinajstić information content (AvgIpc) is 2.76. The molecule has 0 aliphatic carbocycles. The summed E-state index contributed by atoms with van der Waals surface area (Å²) in [5.74, 6) is 0. The van der Waals surface area contributed by atoms with Crippen molar-refractivity contribution in [2.45, 2.75) is 39.7 Å². The minimum absolute atomic E-state index is 0.0572. The second kappa shape index (κ2) is 8.80. The first-order valence-electron chi connectivity index (χ1n) is 6.12. The zero-order chi connectivity index (χ0) is 14.9. The summed E-state index contributed by atoms with van der Waals surface area (Å²) in [5, 5.41) is 3.20. The summed E-state index contributed by atoms with van der Waals surface area (Å²) in [6.45, 7) is 9.97. The number of hydrogen-bond acceptors (Lipinski definition) is 6. The van der Waals surface area contributed by atoms with E-state index >= 15 is 0 Å². The highest BCUT2D eigenvalue weighted by molar-refractivity contribution is 7.13. The van der Waals surface area contributed by atoms with Gasteiger partial charge in [-0.3, -0.25) is 0 Å². The summed E-state index contributed by atoms with van der Waals surface area (Å²) in [5.41, 5.74) is 1.11. The first-order valence-corrected chi connectivity index (χ1v) is 7.00. The monoisotopic (exact) mass is 286 g/mol. The Kier molecular flexibility index (Phi) is 8.23. The Labute approximate surface area is 118 Å². The van der Waals surface area contributed by atoms with Crippen molar-refractivity contribution in [1.82, 2.24) is 4.98 Å². The van der Waals surface area contributed by atoms with E-state index < -0.39 is 0 Å². The minimum Gasteiger partial charge on any atom is -0.374 e.